The number of nitrogens with zero attached hydrogens (tertiary/aromatic N) is 1. The van der Waals surface area contributed by atoms with Gasteiger partial charge in [-0.3, -0.25) is 0 Å². The zero-order valence-electron chi connectivity index (χ0n) is 9.29. The van der Waals surface area contributed by atoms with Crippen molar-refractivity contribution in [2.75, 3.05) is 6.61 Å². The highest BCUT2D eigenvalue weighted by atomic mass is 16.5. The molecule has 1 aromatic rings. The first kappa shape index (κ1) is 11.0. The van der Waals surface area contributed by atoms with Crippen molar-refractivity contribution in [3.8, 4) is 5.88 Å². The van der Waals surface area contributed by atoms with Gasteiger partial charge in [0.1, 0.15) is 0 Å². The molecule has 1 rings (SSSR count). The van der Waals surface area contributed by atoms with Gasteiger partial charge >= 0.3 is 0 Å². The predicted molar refractivity (Wildman–Crippen MR) is 58.4 cm³/mol. The molecule has 2 nitrogen and oxygen atoms in total. The zero-order valence-corrected chi connectivity index (χ0v) is 9.29. The Hall–Kier alpha value is -1.05. The molecule has 0 N–H and O–H groups in total. The quantitative estimate of drug-likeness (QED) is 0.684. The highest BCUT2D eigenvalue weighted by Crippen LogP contribution is 2.20. The van der Waals surface area contributed by atoms with Crippen LogP contribution in [0, 0.1) is 5.41 Å². The molecule has 0 aliphatic carbocycles. The summed E-state index contributed by atoms with van der Waals surface area (Å²) in [6.07, 6.45) is 4.01. The molecule has 0 aromatic carbocycles. The number of hydrogen-bond acceptors (Lipinski definition) is 2. The van der Waals surface area contributed by atoms with Crippen molar-refractivity contribution in [2.45, 2.75) is 33.6 Å². The van der Waals surface area contributed by atoms with E-state index in [1.165, 1.54) is 6.42 Å². The van der Waals surface area contributed by atoms with E-state index in [-0.39, 0.29) is 0 Å². The summed E-state index contributed by atoms with van der Waals surface area (Å²) in [4.78, 5) is 4.09. The van der Waals surface area contributed by atoms with E-state index in [0.717, 1.165) is 18.9 Å². The molecule has 0 saturated heterocycles. The van der Waals surface area contributed by atoms with E-state index >= 15 is 0 Å². The minimum Gasteiger partial charge on any atom is -0.478 e. The summed E-state index contributed by atoms with van der Waals surface area (Å²) in [5, 5.41) is 0. The number of hydrogen-bond donors (Lipinski definition) is 0. The van der Waals surface area contributed by atoms with E-state index in [2.05, 4.69) is 25.8 Å². The molecule has 0 radical (unpaired) electrons. The highest BCUT2D eigenvalue weighted by molar-refractivity contribution is 5.08. The average Bonchev–Trinajstić information content (AvgIpc) is 2.13. The molecule has 0 unspecified atom stereocenters. The Morgan fingerprint density at radius 1 is 1.29 bits per heavy atom. The van der Waals surface area contributed by atoms with Gasteiger partial charge in [-0.25, -0.2) is 4.98 Å². The third kappa shape index (κ3) is 4.85. The molecule has 0 amide bonds. The lowest BCUT2D eigenvalue weighted by atomic mass is 9.91. The monoisotopic (exact) mass is 193 g/mol. The van der Waals surface area contributed by atoms with Crippen molar-refractivity contribution < 1.29 is 4.74 Å². The van der Waals surface area contributed by atoms with Crippen molar-refractivity contribution in [3.05, 3.63) is 24.4 Å². The Morgan fingerprint density at radius 2 is 2.07 bits per heavy atom. The van der Waals surface area contributed by atoms with Crippen LogP contribution in [0.2, 0.25) is 0 Å². The van der Waals surface area contributed by atoms with Crippen LogP contribution in [0.1, 0.15) is 33.6 Å². The first-order chi connectivity index (χ1) is 6.58. The van der Waals surface area contributed by atoms with Crippen LogP contribution in [0.15, 0.2) is 24.4 Å². The summed E-state index contributed by atoms with van der Waals surface area (Å²) in [6, 6.07) is 5.71. The van der Waals surface area contributed by atoms with E-state index < -0.39 is 0 Å². The molecule has 0 atom stereocenters. The molecule has 2 heteroatoms. The van der Waals surface area contributed by atoms with Gasteiger partial charge in [0.05, 0.1) is 6.61 Å². The summed E-state index contributed by atoms with van der Waals surface area (Å²) < 4.78 is 5.49. The molecule has 1 aromatic heterocycles. The van der Waals surface area contributed by atoms with Gasteiger partial charge in [-0.2, -0.15) is 0 Å². The van der Waals surface area contributed by atoms with Crippen molar-refractivity contribution in [3.63, 3.8) is 0 Å². The van der Waals surface area contributed by atoms with E-state index in [4.69, 9.17) is 4.74 Å². The van der Waals surface area contributed by atoms with E-state index in [1.54, 1.807) is 6.20 Å². The lowest BCUT2D eigenvalue weighted by Crippen LogP contribution is -2.08. The molecule has 0 bridgehead atoms. The maximum Gasteiger partial charge on any atom is 0.213 e. The van der Waals surface area contributed by atoms with Crippen LogP contribution in [-0.2, 0) is 0 Å². The molecular formula is C12H19NO. The fourth-order valence-corrected chi connectivity index (χ4v) is 1.21. The van der Waals surface area contributed by atoms with Gasteiger partial charge in [0.25, 0.3) is 0 Å². The van der Waals surface area contributed by atoms with Crippen molar-refractivity contribution in [2.24, 2.45) is 5.41 Å². The minimum atomic E-state index is 0.396. The van der Waals surface area contributed by atoms with Gasteiger partial charge in [0.2, 0.25) is 5.88 Å². The van der Waals surface area contributed by atoms with Crippen LogP contribution < -0.4 is 4.74 Å². The summed E-state index contributed by atoms with van der Waals surface area (Å²) in [7, 11) is 0. The third-order valence-corrected chi connectivity index (χ3v) is 1.96. The number of pyridine rings is 1. The van der Waals surface area contributed by atoms with E-state index in [9.17, 15) is 0 Å². The second kappa shape index (κ2) is 4.99. The first-order valence-corrected chi connectivity index (χ1v) is 5.12. The van der Waals surface area contributed by atoms with Crippen LogP contribution in [0.4, 0.5) is 0 Å². The summed E-state index contributed by atoms with van der Waals surface area (Å²) in [5.74, 6) is 0.724. The predicted octanol–water partition coefficient (Wildman–Crippen LogP) is 3.29. The number of rotatable bonds is 4. The Kier molecular flexibility index (Phi) is 3.93. The molecule has 0 aliphatic rings. The Bertz CT molecular complexity index is 251. The summed E-state index contributed by atoms with van der Waals surface area (Å²) >= 11 is 0. The zero-order chi connectivity index (χ0) is 10.4. The Morgan fingerprint density at radius 3 is 2.64 bits per heavy atom. The maximum absolute atomic E-state index is 5.49. The van der Waals surface area contributed by atoms with Gasteiger partial charge in [0.15, 0.2) is 0 Å². The van der Waals surface area contributed by atoms with Crippen LogP contribution in [0.5, 0.6) is 5.88 Å². The van der Waals surface area contributed by atoms with Crippen LogP contribution in [0.3, 0.4) is 0 Å². The molecule has 0 fully saturated rings. The van der Waals surface area contributed by atoms with Crippen LogP contribution >= 0.6 is 0 Å². The van der Waals surface area contributed by atoms with E-state index in [0.29, 0.717) is 5.41 Å². The number of ether oxygens (including phenoxy) is 1. The third-order valence-electron chi connectivity index (χ3n) is 1.96. The molecular weight excluding hydrogens is 174 g/mol. The standard InChI is InChI=1S/C12H19NO/c1-12(2,3)8-6-10-14-11-7-4-5-9-13-11/h4-5,7,9H,6,8,10H2,1-3H3. The van der Waals surface area contributed by atoms with Gasteiger partial charge < -0.3 is 4.74 Å². The topological polar surface area (TPSA) is 22.1 Å². The van der Waals surface area contributed by atoms with Gasteiger partial charge in [-0.1, -0.05) is 26.8 Å². The molecule has 0 spiro atoms. The minimum absolute atomic E-state index is 0.396. The molecule has 78 valence electrons. The fourth-order valence-electron chi connectivity index (χ4n) is 1.21. The largest absolute Gasteiger partial charge is 0.478 e. The fraction of sp³-hybridized carbons (Fsp3) is 0.583. The van der Waals surface area contributed by atoms with Crippen molar-refractivity contribution >= 4 is 0 Å². The molecule has 14 heavy (non-hydrogen) atoms. The Labute approximate surface area is 86.3 Å². The van der Waals surface area contributed by atoms with Gasteiger partial charge in [-0.05, 0) is 24.3 Å². The number of aromatic nitrogens is 1. The maximum atomic E-state index is 5.49. The SMILES string of the molecule is CC(C)(C)CCCOc1ccccn1. The average molecular weight is 193 g/mol. The van der Waals surface area contributed by atoms with Gasteiger partial charge in [-0.15, -0.1) is 0 Å². The Balaban J connectivity index is 2.17. The first-order valence-electron chi connectivity index (χ1n) is 5.12. The van der Waals surface area contributed by atoms with E-state index in [1.807, 2.05) is 18.2 Å². The van der Waals surface area contributed by atoms with Gasteiger partial charge in [0, 0.05) is 12.3 Å². The lowest BCUT2D eigenvalue weighted by molar-refractivity contribution is 0.262. The smallest absolute Gasteiger partial charge is 0.213 e. The highest BCUT2D eigenvalue weighted by Gasteiger charge is 2.09. The van der Waals surface area contributed by atoms with Crippen molar-refractivity contribution in [1.29, 1.82) is 0 Å². The lowest BCUT2D eigenvalue weighted by Gasteiger charge is -2.17. The molecule has 0 aliphatic heterocycles. The summed E-state index contributed by atoms with van der Waals surface area (Å²) in [5.41, 5.74) is 0.396. The van der Waals surface area contributed by atoms with Crippen LogP contribution in [0.25, 0.3) is 0 Å². The second-order valence-electron chi connectivity index (χ2n) is 4.68. The normalized spacial score (nSPS) is 11.4. The second-order valence-corrected chi connectivity index (χ2v) is 4.68. The summed E-state index contributed by atoms with van der Waals surface area (Å²) in [6.45, 7) is 7.49. The molecule has 1 heterocycles. The van der Waals surface area contributed by atoms with Crippen LogP contribution in [-0.4, -0.2) is 11.6 Å². The van der Waals surface area contributed by atoms with Crippen molar-refractivity contribution in [1.82, 2.24) is 4.98 Å². The molecule has 0 saturated carbocycles.